The predicted octanol–water partition coefficient (Wildman–Crippen LogP) is -0.526. The van der Waals surface area contributed by atoms with Gasteiger partial charge in [0.05, 0.1) is 6.42 Å². The average molecular weight is 463 g/mol. The summed E-state index contributed by atoms with van der Waals surface area (Å²) in [5.74, 6) is -1.31. The monoisotopic (exact) mass is 463 g/mol. The summed E-state index contributed by atoms with van der Waals surface area (Å²) in [5, 5.41) is 19.7. The number of carboxylic acid groups (broad SMARTS) is 1. The Morgan fingerprint density at radius 2 is 1.91 bits per heavy atom. The Bertz CT molecular complexity index is 887. The fraction of sp³-hybridized carbons (Fsp3) is 0.450. The van der Waals surface area contributed by atoms with Crippen molar-refractivity contribution in [3.05, 3.63) is 29.8 Å². The summed E-state index contributed by atoms with van der Waals surface area (Å²) < 4.78 is 0. The molecule has 0 spiro atoms. The van der Waals surface area contributed by atoms with Crippen LogP contribution in [0.2, 0.25) is 0 Å². The van der Waals surface area contributed by atoms with Crippen LogP contribution in [0.4, 0.5) is 15.3 Å². The van der Waals surface area contributed by atoms with Gasteiger partial charge in [0.15, 0.2) is 5.84 Å². The van der Waals surface area contributed by atoms with Gasteiger partial charge in [0, 0.05) is 37.4 Å². The van der Waals surface area contributed by atoms with E-state index >= 15 is 0 Å². The molecule has 1 saturated heterocycles. The lowest BCUT2D eigenvalue weighted by Crippen LogP contribution is -2.46. The van der Waals surface area contributed by atoms with E-state index in [9.17, 15) is 19.2 Å². The van der Waals surface area contributed by atoms with Crippen LogP contribution in [-0.4, -0.2) is 86.2 Å². The number of nitrogens with one attached hydrogen (secondary N) is 3. The van der Waals surface area contributed by atoms with Crippen molar-refractivity contribution in [1.29, 1.82) is 0 Å². The largest absolute Gasteiger partial charge is 0.481 e. The van der Waals surface area contributed by atoms with Crippen LogP contribution < -0.4 is 26.6 Å². The number of urea groups is 1. The standard InChI is InChI=1S/C20H29N7O6/c1-26(2)12-10-23-20(32)33-25-17(21)13-3-5-14(6-4-13)27-11-8-15(18(27)30)24-19(31)22-9-7-16(28)29/h3-6,15H,7-12H2,1-2H3,(H2,21,25)(H,23,32)(H,28,29)(H2,22,24,31). The van der Waals surface area contributed by atoms with E-state index in [0.717, 1.165) is 0 Å². The molecule has 1 unspecified atom stereocenters. The summed E-state index contributed by atoms with van der Waals surface area (Å²) in [6.07, 6.45) is -0.513. The van der Waals surface area contributed by atoms with E-state index in [4.69, 9.17) is 15.7 Å². The molecule has 33 heavy (non-hydrogen) atoms. The van der Waals surface area contributed by atoms with Crippen molar-refractivity contribution in [2.24, 2.45) is 10.9 Å². The summed E-state index contributed by atoms with van der Waals surface area (Å²) in [6, 6.07) is 5.30. The molecule has 180 valence electrons. The van der Waals surface area contributed by atoms with Crippen molar-refractivity contribution >= 4 is 35.5 Å². The van der Waals surface area contributed by atoms with Crippen LogP contribution in [0.25, 0.3) is 0 Å². The summed E-state index contributed by atoms with van der Waals surface area (Å²) in [5.41, 5.74) is 6.96. The van der Waals surface area contributed by atoms with Gasteiger partial charge < -0.3 is 36.6 Å². The number of aliphatic carboxylic acids is 1. The normalized spacial score (nSPS) is 16.0. The topological polar surface area (TPSA) is 179 Å². The molecule has 0 bridgehead atoms. The highest BCUT2D eigenvalue weighted by Crippen LogP contribution is 2.22. The number of likely N-dealkylation sites (N-methyl/N-ethyl adjacent to an activating group) is 1. The van der Waals surface area contributed by atoms with E-state index in [2.05, 4.69) is 21.1 Å². The summed E-state index contributed by atoms with van der Waals surface area (Å²) in [4.78, 5) is 54.7. The van der Waals surface area contributed by atoms with E-state index in [1.165, 1.54) is 4.90 Å². The van der Waals surface area contributed by atoms with Crippen molar-refractivity contribution in [3.63, 3.8) is 0 Å². The van der Waals surface area contributed by atoms with Crippen LogP contribution in [0.15, 0.2) is 29.4 Å². The van der Waals surface area contributed by atoms with E-state index in [1.54, 1.807) is 24.3 Å². The smallest absolute Gasteiger partial charge is 0.433 e. The van der Waals surface area contributed by atoms with Crippen LogP contribution in [0, 0.1) is 0 Å². The van der Waals surface area contributed by atoms with Crippen LogP contribution in [0.3, 0.4) is 0 Å². The average Bonchev–Trinajstić information content (AvgIpc) is 3.11. The number of amidine groups is 1. The van der Waals surface area contributed by atoms with Gasteiger partial charge in [0.1, 0.15) is 6.04 Å². The molecule has 13 nitrogen and oxygen atoms in total. The minimum Gasteiger partial charge on any atom is -0.481 e. The quantitative estimate of drug-likeness (QED) is 0.133. The Morgan fingerprint density at radius 1 is 1.21 bits per heavy atom. The molecule has 2 rings (SSSR count). The number of nitrogens with zero attached hydrogens (tertiary/aromatic N) is 3. The number of oxime groups is 1. The molecular formula is C20H29N7O6. The van der Waals surface area contributed by atoms with Gasteiger partial charge >= 0.3 is 18.1 Å². The zero-order chi connectivity index (χ0) is 24.4. The zero-order valence-electron chi connectivity index (χ0n) is 18.5. The highest BCUT2D eigenvalue weighted by atomic mass is 16.7. The summed E-state index contributed by atoms with van der Waals surface area (Å²) in [7, 11) is 3.75. The second-order valence-electron chi connectivity index (χ2n) is 7.51. The van der Waals surface area contributed by atoms with Gasteiger partial charge in [0.2, 0.25) is 5.91 Å². The third-order valence-corrected chi connectivity index (χ3v) is 4.67. The van der Waals surface area contributed by atoms with Gasteiger partial charge in [-0.1, -0.05) is 5.16 Å². The van der Waals surface area contributed by atoms with Crippen LogP contribution in [0.1, 0.15) is 18.4 Å². The van der Waals surface area contributed by atoms with Crippen molar-refractivity contribution in [3.8, 4) is 0 Å². The molecule has 1 aliphatic rings. The third-order valence-electron chi connectivity index (χ3n) is 4.67. The summed E-state index contributed by atoms with van der Waals surface area (Å²) >= 11 is 0. The number of nitrogens with two attached hydrogens (primary N) is 1. The van der Waals surface area contributed by atoms with Gasteiger partial charge in [-0.05, 0) is 44.8 Å². The van der Waals surface area contributed by atoms with Gasteiger partial charge in [-0.15, -0.1) is 0 Å². The number of hydrogen-bond acceptors (Lipinski definition) is 7. The Hall–Kier alpha value is -3.87. The second kappa shape index (κ2) is 12.2. The van der Waals surface area contributed by atoms with Gasteiger partial charge in [-0.25, -0.2) is 9.59 Å². The SMILES string of the molecule is CN(C)CCNC(=O)ON=C(N)c1ccc(N2CCC(NC(=O)NCCC(=O)O)C2=O)cc1. The highest BCUT2D eigenvalue weighted by molar-refractivity contribution is 6.02. The molecule has 0 saturated carbocycles. The minimum absolute atomic E-state index is 0.00497. The first-order valence-electron chi connectivity index (χ1n) is 10.3. The molecular weight excluding hydrogens is 434 g/mol. The minimum atomic E-state index is -1.03. The number of carbonyl (C=O) groups is 4. The molecule has 13 heteroatoms. The second-order valence-corrected chi connectivity index (χ2v) is 7.51. The number of rotatable bonds is 10. The van der Waals surface area contributed by atoms with Gasteiger partial charge in [-0.3, -0.25) is 14.4 Å². The third kappa shape index (κ3) is 8.29. The molecule has 0 aromatic heterocycles. The highest BCUT2D eigenvalue weighted by Gasteiger charge is 2.33. The van der Waals surface area contributed by atoms with E-state index in [-0.39, 0.29) is 24.7 Å². The van der Waals surface area contributed by atoms with Gasteiger partial charge in [0.25, 0.3) is 0 Å². The van der Waals surface area contributed by atoms with Crippen LogP contribution >= 0.6 is 0 Å². The maximum absolute atomic E-state index is 12.6. The molecule has 1 aromatic carbocycles. The van der Waals surface area contributed by atoms with Crippen LogP contribution in [0.5, 0.6) is 0 Å². The first kappa shape index (κ1) is 25.4. The molecule has 1 atom stereocenters. The zero-order valence-corrected chi connectivity index (χ0v) is 18.5. The number of carboxylic acids is 1. The molecule has 1 aromatic rings. The molecule has 6 N–H and O–H groups in total. The Labute approximate surface area is 190 Å². The number of hydrogen-bond donors (Lipinski definition) is 5. The number of amides is 4. The predicted molar refractivity (Wildman–Crippen MR) is 120 cm³/mol. The van der Waals surface area contributed by atoms with Crippen molar-refractivity contribution in [2.45, 2.75) is 18.9 Å². The van der Waals surface area contributed by atoms with E-state index in [1.807, 2.05) is 19.0 Å². The molecule has 1 heterocycles. The Kier molecular flexibility index (Phi) is 9.42. The maximum atomic E-state index is 12.6. The van der Waals surface area contributed by atoms with E-state index < -0.39 is 24.1 Å². The first-order valence-corrected chi connectivity index (χ1v) is 10.3. The Balaban J connectivity index is 1.86. The van der Waals surface area contributed by atoms with Gasteiger partial charge in [-0.2, -0.15) is 0 Å². The molecule has 4 amide bonds. The fourth-order valence-electron chi connectivity index (χ4n) is 2.93. The van der Waals surface area contributed by atoms with Crippen LogP contribution in [-0.2, 0) is 14.4 Å². The van der Waals surface area contributed by atoms with Crippen molar-refractivity contribution < 1.29 is 29.1 Å². The molecule has 0 aliphatic carbocycles. The number of benzene rings is 1. The lowest BCUT2D eigenvalue weighted by Gasteiger charge is -2.18. The summed E-state index contributed by atoms with van der Waals surface area (Å²) in [6.45, 7) is 1.42. The number of carbonyl (C=O) groups excluding carboxylic acids is 3. The lowest BCUT2D eigenvalue weighted by molar-refractivity contribution is -0.136. The molecule has 1 aliphatic heterocycles. The molecule has 0 radical (unpaired) electrons. The maximum Gasteiger partial charge on any atom is 0.433 e. The fourth-order valence-corrected chi connectivity index (χ4v) is 2.93. The lowest BCUT2D eigenvalue weighted by atomic mass is 10.2. The van der Waals surface area contributed by atoms with Crippen molar-refractivity contribution in [1.82, 2.24) is 20.9 Å². The molecule has 1 fully saturated rings. The number of anilines is 1. The first-order chi connectivity index (χ1) is 15.7. The van der Waals surface area contributed by atoms with Crippen molar-refractivity contribution in [2.75, 3.05) is 45.2 Å². The van der Waals surface area contributed by atoms with E-state index in [0.29, 0.717) is 37.3 Å². The Morgan fingerprint density at radius 3 is 2.55 bits per heavy atom.